The van der Waals surface area contributed by atoms with E-state index < -0.39 is 11.8 Å². The van der Waals surface area contributed by atoms with Crippen LogP contribution in [-0.4, -0.2) is 18.1 Å². The second-order valence-electron chi connectivity index (χ2n) is 3.55. The van der Waals surface area contributed by atoms with Gasteiger partial charge in [-0.15, -0.1) is 12.4 Å². The van der Waals surface area contributed by atoms with Crippen LogP contribution in [0.1, 0.15) is 10.4 Å². The highest BCUT2D eigenvalue weighted by Crippen LogP contribution is 2.24. The molecule has 0 radical (unpaired) electrons. The molecule has 0 N–H and O–H groups in total. The van der Waals surface area contributed by atoms with Crippen molar-refractivity contribution in [1.29, 1.82) is 0 Å². The number of carbonyl (C=O) groups is 1. The molecule has 0 unspecified atom stereocenters. The number of carbonyl (C=O) groups excluding carboxylic acids is 1. The number of rotatable bonds is 2. The summed E-state index contributed by atoms with van der Waals surface area (Å²) in [6, 6.07) is 7.25. The van der Waals surface area contributed by atoms with Gasteiger partial charge in [0.1, 0.15) is 5.82 Å². The van der Waals surface area contributed by atoms with Crippen molar-refractivity contribution in [3.63, 3.8) is 0 Å². The summed E-state index contributed by atoms with van der Waals surface area (Å²) in [6.07, 6.45) is 1.43. The van der Waals surface area contributed by atoms with Crippen LogP contribution in [0.15, 0.2) is 36.5 Å². The highest BCUT2D eigenvalue weighted by Gasteiger charge is 2.11. The van der Waals surface area contributed by atoms with Crippen LogP contribution in [0.4, 0.5) is 4.39 Å². The molecule has 0 atom stereocenters. The predicted octanol–water partition coefficient (Wildman–Crippen LogP) is 3.75. The van der Waals surface area contributed by atoms with Crippen LogP contribution in [0.2, 0.25) is 5.02 Å². The van der Waals surface area contributed by atoms with Crippen LogP contribution in [-0.2, 0) is 4.74 Å². The summed E-state index contributed by atoms with van der Waals surface area (Å²) >= 11 is 5.67. The molecular weight excluding hydrogens is 292 g/mol. The number of hydrogen-bond acceptors (Lipinski definition) is 3. The van der Waals surface area contributed by atoms with Crippen LogP contribution in [0.3, 0.4) is 0 Å². The van der Waals surface area contributed by atoms with E-state index >= 15 is 0 Å². The Bertz CT molecular complexity index is 605. The Morgan fingerprint density at radius 1 is 1.32 bits per heavy atom. The van der Waals surface area contributed by atoms with E-state index in [1.54, 1.807) is 6.07 Å². The van der Waals surface area contributed by atoms with E-state index in [2.05, 4.69) is 9.72 Å². The van der Waals surface area contributed by atoms with Crippen LogP contribution in [0.25, 0.3) is 11.3 Å². The van der Waals surface area contributed by atoms with Crippen molar-refractivity contribution in [2.75, 3.05) is 7.11 Å². The quantitative estimate of drug-likeness (QED) is 0.793. The lowest BCUT2D eigenvalue weighted by Gasteiger charge is -2.05. The Morgan fingerprint density at radius 2 is 2.05 bits per heavy atom. The number of benzene rings is 1. The van der Waals surface area contributed by atoms with Gasteiger partial charge in [-0.1, -0.05) is 11.6 Å². The second-order valence-corrected chi connectivity index (χ2v) is 3.98. The average molecular weight is 302 g/mol. The first-order valence-electron chi connectivity index (χ1n) is 5.11. The molecule has 1 heterocycles. The molecule has 1 aromatic carbocycles. The standard InChI is InChI=1S/C13H9ClFNO2.ClH/c1-18-13(17)8-4-5-16-12(6-8)10-3-2-9(14)7-11(10)15;/h2-7H,1H3;1H. The molecule has 2 aromatic rings. The van der Waals surface area contributed by atoms with Gasteiger partial charge in [0.05, 0.1) is 18.4 Å². The van der Waals surface area contributed by atoms with Gasteiger partial charge in [-0.2, -0.15) is 0 Å². The first-order chi connectivity index (χ1) is 8.61. The molecule has 2 rings (SSSR count). The summed E-state index contributed by atoms with van der Waals surface area (Å²) in [7, 11) is 1.28. The molecule has 0 aliphatic carbocycles. The highest BCUT2D eigenvalue weighted by molar-refractivity contribution is 6.30. The van der Waals surface area contributed by atoms with Crippen molar-refractivity contribution in [3.8, 4) is 11.3 Å². The fourth-order valence-electron chi connectivity index (χ4n) is 1.52. The Morgan fingerprint density at radius 3 is 2.68 bits per heavy atom. The summed E-state index contributed by atoms with van der Waals surface area (Å²) in [5, 5.41) is 0.306. The number of aromatic nitrogens is 1. The number of nitrogens with zero attached hydrogens (tertiary/aromatic N) is 1. The number of halogens is 3. The third-order valence-corrected chi connectivity index (χ3v) is 2.62. The maximum atomic E-state index is 13.7. The number of ether oxygens (including phenoxy) is 1. The van der Waals surface area contributed by atoms with Crippen molar-refractivity contribution in [1.82, 2.24) is 4.98 Å². The molecule has 1 aromatic heterocycles. The average Bonchev–Trinajstić information content (AvgIpc) is 2.38. The Kier molecular flexibility index (Phi) is 5.27. The Hall–Kier alpha value is -1.65. The van der Waals surface area contributed by atoms with Gasteiger partial charge in [0.15, 0.2) is 0 Å². The van der Waals surface area contributed by atoms with Crippen molar-refractivity contribution >= 4 is 30.0 Å². The smallest absolute Gasteiger partial charge is 0.337 e. The molecule has 0 aliphatic rings. The number of pyridine rings is 1. The zero-order chi connectivity index (χ0) is 13.1. The molecular formula is C13H10Cl2FNO2. The second kappa shape index (κ2) is 6.50. The minimum absolute atomic E-state index is 0. The topological polar surface area (TPSA) is 39.2 Å². The molecule has 0 saturated heterocycles. The molecule has 3 nitrogen and oxygen atoms in total. The molecule has 6 heteroatoms. The molecule has 0 spiro atoms. The van der Waals surface area contributed by atoms with Gasteiger partial charge in [-0.25, -0.2) is 9.18 Å². The number of methoxy groups -OCH3 is 1. The minimum Gasteiger partial charge on any atom is -0.465 e. The van der Waals surface area contributed by atoms with E-state index in [-0.39, 0.29) is 18.0 Å². The Labute approximate surface area is 120 Å². The molecule has 0 saturated carbocycles. The van der Waals surface area contributed by atoms with Crippen LogP contribution in [0, 0.1) is 5.82 Å². The first-order valence-corrected chi connectivity index (χ1v) is 5.49. The van der Waals surface area contributed by atoms with Gasteiger partial charge >= 0.3 is 5.97 Å². The fraction of sp³-hybridized carbons (Fsp3) is 0.0769. The van der Waals surface area contributed by atoms with E-state index in [0.717, 1.165) is 0 Å². The summed E-state index contributed by atoms with van der Waals surface area (Å²) in [5.74, 6) is -0.981. The van der Waals surface area contributed by atoms with Crippen LogP contribution >= 0.6 is 24.0 Å². The molecule has 19 heavy (non-hydrogen) atoms. The van der Waals surface area contributed by atoms with Gasteiger partial charge in [-0.3, -0.25) is 4.98 Å². The molecule has 0 amide bonds. The highest BCUT2D eigenvalue weighted by atomic mass is 35.5. The van der Waals surface area contributed by atoms with E-state index in [1.165, 1.54) is 37.6 Å². The van der Waals surface area contributed by atoms with Crippen molar-refractivity contribution in [2.45, 2.75) is 0 Å². The van der Waals surface area contributed by atoms with Crippen molar-refractivity contribution in [2.24, 2.45) is 0 Å². The molecule has 100 valence electrons. The summed E-state index contributed by atoms with van der Waals surface area (Å²) in [6.45, 7) is 0. The van der Waals surface area contributed by atoms with Crippen molar-refractivity contribution in [3.05, 3.63) is 52.9 Å². The predicted molar refractivity (Wildman–Crippen MR) is 73.2 cm³/mol. The van der Waals surface area contributed by atoms with Gasteiger partial charge in [0, 0.05) is 16.8 Å². The lowest BCUT2D eigenvalue weighted by atomic mass is 10.1. The third-order valence-electron chi connectivity index (χ3n) is 2.39. The SMILES string of the molecule is COC(=O)c1ccnc(-c2ccc(Cl)cc2F)c1.Cl. The Balaban J connectivity index is 0.00000180. The number of hydrogen-bond donors (Lipinski definition) is 0. The monoisotopic (exact) mass is 301 g/mol. The molecule has 0 fully saturated rings. The zero-order valence-electron chi connectivity index (χ0n) is 9.89. The molecule has 0 aliphatic heterocycles. The third kappa shape index (κ3) is 3.43. The summed E-state index contributed by atoms with van der Waals surface area (Å²) in [5.41, 5.74) is 0.953. The largest absolute Gasteiger partial charge is 0.465 e. The lowest BCUT2D eigenvalue weighted by Crippen LogP contribution is -2.02. The van der Waals surface area contributed by atoms with E-state index in [4.69, 9.17) is 11.6 Å². The maximum Gasteiger partial charge on any atom is 0.337 e. The number of esters is 1. The van der Waals surface area contributed by atoms with E-state index in [1.807, 2.05) is 0 Å². The van der Waals surface area contributed by atoms with Crippen molar-refractivity contribution < 1.29 is 13.9 Å². The van der Waals surface area contributed by atoms with Gasteiger partial charge in [0.25, 0.3) is 0 Å². The summed E-state index contributed by atoms with van der Waals surface area (Å²) in [4.78, 5) is 15.4. The van der Waals surface area contributed by atoms with Crippen LogP contribution < -0.4 is 0 Å². The van der Waals surface area contributed by atoms with Gasteiger partial charge in [-0.05, 0) is 30.3 Å². The first kappa shape index (κ1) is 15.4. The van der Waals surface area contributed by atoms with Crippen LogP contribution in [0.5, 0.6) is 0 Å². The zero-order valence-corrected chi connectivity index (χ0v) is 11.5. The van der Waals surface area contributed by atoms with Gasteiger partial charge < -0.3 is 4.74 Å². The normalized spacial score (nSPS) is 9.63. The maximum absolute atomic E-state index is 13.7. The lowest BCUT2D eigenvalue weighted by molar-refractivity contribution is 0.0600. The summed E-state index contributed by atoms with van der Waals surface area (Å²) < 4.78 is 18.3. The van der Waals surface area contributed by atoms with E-state index in [0.29, 0.717) is 16.3 Å². The fourth-order valence-corrected chi connectivity index (χ4v) is 1.68. The van der Waals surface area contributed by atoms with Gasteiger partial charge in [0.2, 0.25) is 0 Å². The minimum atomic E-state index is -0.493. The van der Waals surface area contributed by atoms with E-state index in [9.17, 15) is 9.18 Å². The molecule has 0 bridgehead atoms.